The zero-order valence-electron chi connectivity index (χ0n) is 8.21. The monoisotopic (exact) mass is 231 g/mol. The van der Waals surface area contributed by atoms with Gasteiger partial charge in [-0.2, -0.15) is 22.8 Å². The third-order valence-corrected chi connectivity index (χ3v) is 1.99. The highest BCUT2D eigenvalue weighted by Gasteiger charge is 2.34. The number of hydrogen-bond donors (Lipinski definition) is 2. The van der Waals surface area contributed by atoms with Gasteiger partial charge >= 0.3 is 6.18 Å². The van der Waals surface area contributed by atoms with E-state index in [0.717, 1.165) is 10.6 Å². The number of fused-ring (bicyclic) bond motifs is 1. The minimum absolute atomic E-state index is 0.0975. The molecule has 0 amide bonds. The first-order chi connectivity index (χ1) is 7.41. The molecule has 5 nitrogen and oxygen atoms in total. The lowest BCUT2D eigenvalue weighted by molar-refractivity contribution is -0.141. The quantitative estimate of drug-likeness (QED) is 0.574. The molecule has 2 aromatic rings. The maximum absolute atomic E-state index is 12.4. The summed E-state index contributed by atoms with van der Waals surface area (Å²) in [6.45, 7) is 1.65. The number of anilines is 1. The molecule has 8 heteroatoms. The highest BCUT2D eigenvalue weighted by Crippen LogP contribution is 2.29. The van der Waals surface area contributed by atoms with Crippen LogP contribution in [-0.2, 0) is 6.18 Å². The minimum atomic E-state index is -4.49. The van der Waals surface area contributed by atoms with Gasteiger partial charge < -0.3 is 5.43 Å². The van der Waals surface area contributed by atoms with Gasteiger partial charge in [0.15, 0.2) is 11.3 Å². The van der Waals surface area contributed by atoms with E-state index in [1.165, 1.54) is 6.07 Å². The molecule has 0 spiro atoms. The second-order valence-electron chi connectivity index (χ2n) is 3.22. The highest BCUT2D eigenvalue weighted by molar-refractivity contribution is 5.50. The third kappa shape index (κ3) is 1.67. The Morgan fingerprint density at radius 3 is 2.62 bits per heavy atom. The molecule has 0 bridgehead atoms. The van der Waals surface area contributed by atoms with Crippen molar-refractivity contribution in [3.05, 3.63) is 23.5 Å². The summed E-state index contributed by atoms with van der Waals surface area (Å²) in [5, 5.41) is 3.38. The van der Waals surface area contributed by atoms with Gasteiger partial charge in [0.2, 0.25) is 0 Å². The summed E-state index contributed by atoms with van der Waals surface area (Å²) in [4.78, 5) is 3.92. The first-order valence-corrected chi connectivity index (χ1v) is 4.33. The van der Waals surface area contributed by atoms with Crippen molar-refractivity contribution in [1.29, 1.82) is 0 Å². The molecule has 0 atom stereocenters. The Bertz CT molecular complexity index is 530. The molecule has 86 valence electrons. The Morgan fingerprint density at radius 2 is 2.06 bits per heavy atom. The van der Waals surface area contributed by atoms with Crippen LogP contribution in [0.15, 0.2) is 12.1 Å². The van der Waals surface area contributed by atoms with Gasteiger partial charge in [0.1, 0.15) is 5.82 Å². The fourth-order valence-electron chi connectivity index (χ4n) is 1.34. The molecular weight excluding hydrogens is 223 g/mol. The van der Waals surface area contributed by atoms with Crippen LogP contribution in [0.4, 0.5) is 19.0 Å². The number of hydrogen-bond acceptors (Lipinski definition) is 4. The van der Waals surface area contributed by atoms with Crippen LogP contribution < -0.4 is 11.3 Å². The van der Waals surface area contributed by atoms with E-state index in [0.29, 0.717) is 5.69 Å². The van der Waals surface area contributed by atoms with Gasteiger partial charge in [-0.3, -0.25) is 0 Å². The van der Waals surface area contributed by atoms with Crippen LogP contribution in [0, 0.1) is 6.92 Å². The molecule has 0 aliphatic rings. The van der Waals surface area contributed by atoms with E-state index >= 15 is 0 Å². The molecule has 0 saturated heterocycles. The van der Waals surface area contributed by atoms with Crippen LogP contribution in [-0.4, -0.2) is 14.6 Å². The summed E-state index contributed by atoms with van der Waals surface area (Å²) in [6.07, 6.45) is -4.49. The number of hydrazine groups is 1. The lowest BCUT2D eigenvalue weighted by atomic mass is 10.4. The fraction of sp³-hybridized carbons (Fsp3) is 0.250. The van der Waals surface area contributed by atoms with Crippen molar-refractivity contribution in [3.63, 3.8) is 0 Å². The smallest absolute Gasteiger partial charge is 0.308 e. The largest absolute Gasteiger partial charge is 0.435 e. The first-order valence-electron chi connectivity index (χ1n) is 4.33. The van der Waals surface area contributed by atoms with Crippen LogP contribution in [0.3, 0.4) is 0 Å². The topological polar surface area (TPSA) is 68.2 Å². The molecule has 0 unspecified atom stereocenters. The van der Waals surface area contributed by atoms with Crippen molar-refractivity contribution in [2.75, 3.05) is 5.43 Å². The normalized spacial score (nSPS) is 12.1. The average Bonchev–Trinajstić information content (AvgIpc) is 2.59. The molecule has 0 aromatic carbocycles. The van der Waals surface area contributed by atoms with E-state index < -0.39 is 11.9 Å². The lowest BCUT2D eigenvalue weighted by Crippen LogP contribution is -2.13. The molecule has 0 radical (unpaired) electrons. The van der Waals surface area contributed by atoms with Crippen LogP contribution in [0.2, 0.25) is 0 Å². The number of aryl methyl sites for hydroxylation is 1. The summed E-state index contributed by atoms with van der Waals surface area (Å²) < 4.78 is 38.2. The number of nitrogens with one attached hydrogen (secondary N) is 1. The Balaban J connectivity index is 2.70. The van der Waals surface area contributed by atoms with Crippen molar-refractivity contribution >= 4 is 11.5 Å². The first kappa shape index (κ1) is 10.7. The predicted molar refractivity (Wildman–Crippen MR) is 50.5 cm³/mol. The number of aromatic nitrogens is 3. The zero-order valence-corrected chi connectivity index (χ0v) is 8.21. The standard InChI is InChI=1S/C8H8F3N5/c1-4-2-7(14-12)16-6(13-4)3-5(15-16)8(9,10)11/h2-3,14H,12H2,1H3. The van der Waals surface area contributed by atoms with Crippen molar-refractivity contribution in [1.82, 2.24) is 14.6 Å². The molecule has 0 aliphatic carbocycles. The summed E-state index contributed by atoms with van der Waals surface area (Å²) in [5.41, 5.74) is 1.92. The van der Waals surface area contributed by atoms with E-state index in [2.05, 4.69) is 15.5 Å². The van der Waals surface area contributed by atoms with E-state index in [4.69, 9.17) is 5.84 Å². The average molecular weight is 231 g/mol. The van der Waals surface area contributed by atoms with Crippen molar-refractivity contribution < 1.29 is 13.2 Å². The Morgan fingerprint density at radius 1 is 1.38 bits per heavy atom. The highest BCUT2D eigenvalue weighted by atomic mass is 19.4. The number of rotatable bonds is 1. The molecule has 0 aliphatic heterocycles. The lowest BCUT2D eigenvalue weighted by Gasteiger charge is -2.03. The molecule has 16 heavy (non-hydrogen) atoms. The Kier molecular flexibility index (Phi) is 2.23. The fourth-order valence-corrected chi connectivity index (χ4v) is 1.34. The second-order valence-corrected chi connectivity index (χ2v) is 3.22. The van der Waals surface area contributed by atoms with E-state index in [1.807, 2.05) is 0 Å². The second kappa shape index (κ2) is 3.34. The number of alkyl halides is 3. The van der Waals surface area contributed by atoms with Gasteiger partial charge in [-0.1, -0.05) is 0 Å². The van der Waals surface area contributed by atoms with Gasteiger partial charge in [0.05, 0.1) is 0 Å². The number of halogens is 3. The third-order valence-electron chi connectivity index (χ3n) is 1.99. The molecule has 0 saturated carbocycles. The Labute approximate surface area is 88.0 Å². The zero-order chi connectivity index (χ0) is 11.9. The molecule has 3 N–H and O–H groups in total. The van der Waals surface area contributed by atoms with Crippen LogP contribution in [0.1, 0.15) is 11.4 Å². The van der Waals surface area contributed by atoms with Gasteiger partial charge in [-0.15, -0.1) is 0 Å². The molecule has 2 aromatic heterocycles. The van der Waals surface area contributed by atoms with Gasteiger partial charge in [-0.05, 0) is 6.92 Å². The van der Waals surface area contributed by atoms with E-state index in [9.17, 15) is 13.2 Å². The van der Waals surface area contributed by atoms with Crippen LogP contribution in [0.5, 0.6) is 0 Å². The van der Waals surface area contributed by atoms with Crippen molar-refractivity contribution in [2.24, 2.45) is 5.84 Å². The molecule has 0 fully saturated rings. The summed E-state index contributed by atoms with van der Waals surface area (Å²) in [6, 6.07) is 2.37. The van der Waals surface area contributed by atoms with Crippen LogP contribution in [0.25, 0.3) is 5.65 Å². The molecule has 2 heterocycles. The molecule has 2 rings (SSSR count). The maximum Gasteiger partial charge on any atom is 0.435 e. The number of nitrogens with zero attached hydrogens (tertiary/aromatic N) is 3. The minimum Gasteiger partial charge on any atom is -0.308 e. The van der Waals surface area contributed by atoms with E-state index in [-0.39, 0.29) is 11.5 Å². The summed E-state index contributed by atoms with van der Waals surface area (Å²) in [5.74, 6) is 5.43. The SMILES string of the molecule is Cc1cc(NN)n2nc(C(F)(F)F)cc2n1. The van der Waals surface area contributed by atoms with E-state index in [1.54, 1.807) is 6.92 Å². The predicted octanol–water partition coefficient (Wildman–Crippen LogP) is 1.34. The Hall–Kier alpha value is -1.83. The van der Waals surface area contributed by atoms with Gasteiger partial charge in [0.25, 0.3) is 0 Å². The van der Waals surface area contributed by atoms with Crippen molar-refractivity contribution in [2.45, 2.75) is 13.1 Å². The summed E-state index contributed by atoms with van der Waals surface area (Å²) in [7, 11) is 0. The van der Waals surface area contributed by atoms with Crippen molar-refractivity contribution in [3.8, 4) is 0 Å². The van der Waals surface area contributed by atoms with Crippen LogP contribution >= 0.6 is 0 Å². The molecular formula is C8H8F3N5. The maximum atomic E-state index is 12.4. The number of nitrogen functional groups attached to an aromatic ring is 1. The summed E-state index contributed by atoms with van der Waals surface area (Å²) >= 11 is 0. The number of nitrogens with two attached hydrogens (primary N) is 1. The van der Waals surface area contributed by atoms with Gasteiger partial charge in [-0.25, -0.2) is 10.8 Å². The van der Waals surface area contributed by atoms with Gasteiger partial charge in [0, 0.05) is 17.8 Å².